The molecule has 1 heterocycles. The summed E-state index contributed by atoms with van der Waals surface area (Å²) < 4.78 is 12.5. The molecule has 5 nitrogen and oxygen atoms in total. The quantitative estimate of drug-likeness (QED) is 0.474. The highest BCUT2D eigenvalue weighted by Crippen LogP contribution is 2.63. The van der Waals surface area contributed by atoms with E-state index in [9.17, 15) is 14.4 Å². The van der Waals surface area contributed by atoms with E-state index in [0.717, 1.165) is 11.3 Å². The summed E-state index contributed by atoms with van der Waals surface area (Å²) in [5.41, 5.74) is 0.796. The molecule has 1 saturated heterocycles. The number of rotatable bonds is 2. The van der Waals surface area contributed by atoms with Gasteiger partial charge < -0.3 is 9.16 Å². The van der Waals surface area contributed by atoms with Gasteiger partial charge in [-0.25, -0.2) is 0 Å². The first kappa shape index (κ1) is 21.5. The van der Waals surface area contributed by atoms with Crippen LogP contribution in [0.2, 0.25) is 18.1 Å². The van der Waals surface area contributed by atoms with Crippen LogP contribution in [0.25, 0.3) is 0 Å². The SMILES string of the molecule is CC1=CC(=O)[C@@H]2CC(O[Si](C)(C)C(C)(C)C)=C3C[C@H]4OC(=O)[C@H](C)[C@H]4[C@@H]3[C@]2(C)C1=O. The molecule has 0 unspecified atom stereocenters. The zero-order valence-corrected chi connectivity index (χ0v) is 20.4. The molecule has 1 saturated carbocycles. The largest absolute Gasteiger partial charge is 0.547 e. The molecule has 6 heteroatoms. The van der Waals surface area contributed by atoms with Crippen LogP contribution in [0.5, 0.6) is 0 Å². The molecule has 0 N–H and O–H groups in total. The summed E-state index contributed by atoms with van der Waals surface area (Å²) in [4.78, 5) is 39.0. The van der Waals surface area contributed by atoms with E-state index in [1.54, 1.807) is 6.92 Å². The summed E-state index contributed by atoms with van der Waals surface area (Å²) in [7, 11) is -2.13. The molecule has 0 spiro atoms. The van der Waals surface area contributed by atoms with Crippen molar-refractivity contribution in [2.24, 2.45) is 29.1 Å². The van der Waals surface area contributed by atoms with Crippen molar-refractivity contribution in [3.05, 3.63) is 23.0 Å². The van der Waals surface area contributed by atoms with Gasteiger partial charge in [-0.15, -0.1) is 0 Å². The molecule has 0 aromatic rings. The fraction of sp³-hybridized carbons (Fsp3) is 0.708. The van der Waals surface area contributed by atoms with Gasteiger partial charge in [0.25, 0.3) is 0 Å². The van der Waals surface area contributed by atoms with Gasteiger partial charge in [-0.1, -0.05) is 34.6 Å². The Hall–Kier alpha value is -1.69. The lowest BCUT2D eigenvalue weighted by Gasteiger charge is -2.50. The summed E-state index contributed by atoms with van der Waals surface area (Å²) >= 11 is 0. The normalized spacial score (nSPS) is 38.7. The number of carbonyl (C=O) groups is 3. The third-order valence-electron chi connectivity index (χ3n) is 8.68. The number of allylic oxidation sites excluding steroid dienone is 3. The van der Waals surface area contributed by atoms with E-state index in [1.807, 2.05) is 13.8 Å². The molecule has 4 rings (SSSR count). The fourth-order valence-corrected chi connectivity index (χ4v) is 7.07. The lowest BCUT2D eigenvalue weighted by Crippen LogP contribution is -2.54. The molecular formula is C24H34O5Si. The smallest absolute Gasteiger partial charge is 0.309 e. The lowest BCUT2D eigenvalue weighted by atomic mass is 9.52. The van der Waals surface area contributed by atoms with E-state index >= 15 is 0 Å². The maximum atomic E-state index is 13.5. The first-order valence-electron chi connectivity index (χ1n) is 11.1. The minimum absolute atomic E-state index is 0.00586. The molecule has 164 valence electrons. The molecule has 4 aliphatic rings. The van der Waals surface area contributed by atoms with Crippen LogP contribution in [0, 0.1) is 29.1 Å². The summed E-state index contributed by atoms with van der Waals surface area (Å²) in [6.07, 6.45) is 2.36. The molecule has 30 heavy (non-hydrogen) atoms. The Morgan fingerprint density at radius 3 is 2.40 bits per heavy atom. The second-order valence-electron chi connectivity index (χ2n) is 11.4. The molecule has 6 atom stereocenters. The van der Waals surface area contributed by atoms with Gasteiger partial charge in [0, 0.05) is 36.0 Å². The van der Waals surface area contributed by atoms with Crippen molar-refractivity contribution in [2.45, 2.75) is 78.6 Å². The number of Topliss-reactive ketones (excluding diaryl/α,β-unsaturated/α-hetero) is 1. The highest BCUT2D eigenvalue weighted by atomic mass is 28.4. The fourth-order valence-electron chi connectivity index (χ4n) is 5.93. The zero-order chi connectivity index (χ0) is 22.4. The van der Waals surface area contributed by atoms with Crippen LogP contribution in [-0.4, -0.2) is 32.0 Å². The predicted octanol–water partition coefficient (Wildman–Crippen LogP) is 4.58. The Kier molecular flexibility index (Phi) is 4.60. The lowest BCUT2D eigenvalue weighted by molar-refractivity contribution is -0.144. The van der Waals surface area contributed by atoms with Crippen LogP contribution >= 0.6 is 0 Å². The first-order chi connectivity index (χ1) is 13.7. The van der Waals surface area contributed by atoms with Crippen LogP contribution in [-0.2, 0) is 23.5 Å². The Labute approximate surface area is 180 Å². The second kappa shape index (κ2) is 6.41. The van der Waals surface area contributed by atoms with Crippen molar-refractivity contribution in [3.8, 4) is 0 Å². The summed E-state index contributed by atoms with van der Waals surface area (Å²) in [5, 5.41) is 0.0218. The van der Waals surface area contributed by atoms with Gasteiger partial charge in [0.2, 0.25) is 8.32 Å². The zero-order valence-electron chi connectivity index (χ0n) is 19.4. The molecular weight excluding hydrogens is 396 g/mol. The standard InChI is InChI=1S/C24H34O5Si/c1-12-9-16(25)15-11-17(29-30(7,8)23(3,4)5)14-10-18-19(13(2)22(27)28-18)20(14)24(15,6)21(12)26/h9,13,15,18-20H,10-11H2,1-8H3/t13-,15+,18-,19-,20-,24-/m1/s1. The van der Waals surface area contributed by atoms with Crippen molar-refractivity contribution in [2.75, 3.05) is 0 Å². The number of esters is 1. The Morgan fingerprint density at radius 2 is 1.80 bits per heavy atom. The Balaban J connectivity index is 1.88. The number of fused-ring (bicyclic) bond motifs is 5. The minimum atomic E-state index is -2.13. The van der Waals surface area contributed by atoms with Crippen LogP contribution in [0.3, 0.4) is 0 Å². The number of ether oxygens (including phenoxy) is 1. The maximum Gasteiger partial charge on any atom is 0.309 e. The topological polar surface area (TPSA) is 69.7 Å². The molecule has 1 aliphatic heterocycles. The van der Waals surface area contributed by atoms with E-state index in [1.165, 1.54) is 6.08 Å². The van der Waals surface area contributed by atoms with E-state index in [0.29, 0.717) is 18.4 Å². The molecule has 3 aliphatic carbocycles. The van der Waals surface area contributed by atoms with Gasteiger partial charge in [0.15, 0.2) is 11.6 Å². The number of hydrogen-bond donors (Lipinski definition) is 0. The van der Waals surface area contributed by atoms with Crippen molar-refractivity contribution in [3.63, 3.8) is 0 Å². The van der Waals surface area contributed by atoms with Crippen LogP contribution < -0.4 is 0 Å². The van der Waals surface area contributed by atoms with Gasteiger partial charge in [-0.2, -0.15) is 0 Å². The molecule has 0 aromatic heterocycles. The van der Waals surface area contributed by atoms with E-state index < -0.39 is 19.7 Å². The van der Waals surface area contributed by atoms with Crippen molar-refractivity contribution < 1.29 is 23.5 Å². The number of carbonyl (C=O) groups excluding carboxylic acids is 3. The molecule has 0 amide bonds. The average molecular weight is 431 g/mol. The highest BCUT2D eigenvalue weighted by molar-refractivity contribution is 6.74. The molecule has 2 fully saturated rings. The van der Waals surface area contributed by atoms with Crippen LogP contribution in [0.4, 0.5) is 0 Å². The van der Waals surface area contributed by atoms with Crippen molar-refractivity contribution >= 4 is 25.9 Å². The first-order valence-corrected chi connectivity index (χ1v) is 14.0. The minimum Gasteiger partial charge on any atom is -0.547 e. The van der Waals surface area contributed by atoms with Gasteiger partial charge in [0.05, 0.1) is 11.7 Å². The van der Waals surface area contributed by atoms with Gasteiger partial charge >= 0.3 is 5.97 Å². The Bertz CT molecular complexity index is 905. The van der Waals surface area contributed by atoms with E-state index in [2.05, 4.69) is 33.9 Å². The van der Waals surface area contributed by atoms with E-state index in [4.69, 9.17) is 9.16 Å². The van der Waals surface area contributed by atoms with Gasteiger partial charge in [-0.05, 0) is 42.3 Å². The highest BCUT2D eigenvalue weighted by Gasteiger charge is 2.66. The predicted molar refractivity (Wildman–Crippen MR) is 116 cm³/mol. The number of ketones is 2. The van der Waals surface area contributed by atoms with Crippen molar-refractivity contribution in [1.29, 1.82) is 0 Å². The monoisotopic (exact) mass is 430 g/mol. The molecule has 0 bridgehead atoms. The molecule has 0 aromatic carbocycles. The summed E-state index contributed by atoms with van der Waals surface area (Å²) in [6.45, 7) is 16.6. The Morgan fingerprint density at radius 1 is 1.17 bits per heavy atom. The number of hydrogen-bond acceptors (Lipinski definition) is 5. The maximum absolute atomic E-state index is 13.5. The van der Waals surface area contributed by atoms with Gasteiger partial charge in [0.1, 0.15) is 6.10 Å². The van der Waals surface area contributed by atoms with Crippen LogP contribution in [0.1, 0.15) is 54.4 Å². The third kappa shape index (κ3) is 2.75. The second-order valence-corrected chi connectivity index (χ2v) is 16.2. The van der Waals surface area contributed by atoms with Gasteiger partial charge in [-0.3, -0.25) is 14.4 Å². The average Bonchev–Trinajstić information content (AvgIpc) is 3.11. The van der Waals surface area contributed by atoms with E-state index in [-0.39, 0.29) is 46.4 Å². The molecule has 0 radical (unpaired) electrons. The van der Waals surface area contributed by atoms with Crippen molar-refractivity contribution in [1.82, 2.24) is 0 Å². The van der Waals surface area contributed by atoms with Crippen LogP contribution in [0.15, 0.2) is 23.0 Å². The summed E-state index contributed by atoms with van der Waals surface area (Å²) in [6, 6.07) is 0. The summed E-state index contributed by atoms with van der Waals surface area (Å²) in [5.74, 6) is -0.257. The third-order valence-corrected chi connectivity index (χ3v) is 13.0.